The first-order chi connectivity index (χ1) is 15.5. The number of aryl methyl sites for hydroxylation is 6. The standard InChI is InChI=1S/C27H34N4O2/c1-16-11-18(3)22(19(4)12-16)24-28-32-26(7)15-27(8)31(10-9-30(24)26)25(29-33-27)23-20(5)13-17(2)14-21(23)6/h11-14H,9-10,15H2,1-8H3/t26-,27-/m1/s1. The highest BCUT2D eigenvalue weighted by atomic mass is 16.7. The number of amidine groups is 2. The number of hydrogen-bond donors (Lipinski definition) is 0. The Kier molecular flexibility index (Phi) is 4.78. The van der Waals surface area contributed by atoms with Gasteiger partial charge in [0.15, 0.2) is 11.7 Å². The van der Waals surface area contributed by atoms with Gasteiger partial charge < -0.3 is 19.5 Å². The predicted octanol–water partition coefficient (Wildman–Crippen LogP) is 5.06. The fraction of sp³-hybridized carbons (Fsp3) is 0.481. The smallest absolute Gasteiger partial charge is 0.214 e. The van der Waals surface area contributed by atoms with Crippen molar-refractivity contribution in [2.45, 2.75) is 73.3 Å². The lowest BCUT2D eigenvalue weighted by molar-refractivity contribution is -0.155. The molecular weight excluding hydrogens is 412 g/mol. The summed E-state index contributed by atoms with van der Waals surface area (Å²) in [5.41, 5.74) is 8.53. The highest BCUT2D eigenvalue weighted by molar-refractivity contribution is 6.03. The maximum absolute atomic E-state index is 6.17. The Hall–Kier alpha value is -3.02. The fourth-order valence-corrected chi connectivity index (χ4v) is 6.10. The summed E-state index contributed by atoms with van der Waals surface area (Å²) in [6, 6.07) is 8.87. The lowest BCUT2D eigenvalue weighted by Gasteiger charge is -2.37. The topological polar surface area (TPSA) is 49.7 Å². The number of benzene rings is 2. The third-order valence-electron chi connectivity index (χ3n) is 7.32. The van der Waals surface area contributed by atoms with Gasteiger partial charge in [0.05, 0.1) is 6.42 Å². The van der Waals surface area contributed by atoms with Gasteiger partial charge in [-0.3, -0.25) is 0 Å². The second-order valence-electron chi connectivity index (χ2n) is 10.4. The van der Waals surface area contributed by atoms with Gasteiger partial charge in [0.1, 0.15) is 0 Å². The molecule has 0 bridgehead atoms. The Labute approximate surface area is 196 Å². The Morgan fingerprint density at radius 2 is 0.970 bits per heavy atom. The quantitative estimate of drug-likeness (QED) is 0.647. The van der Waals surface area contributed by atoms with Gasteiger partial charge in [-0.05, 0) is 77.6 Å². The largest absolute Gasteiger partial charge is 0.365 e. The van der Waals surface area contributed by atoms with Crippen LogP contribution in [0.2, 0.25) is 0 Å². The second-order valence-corrected chi connectivity index (χ2v) is 10.4. The molecule has 0 aromatic heterocycles. The number of nitrogens with zero attached hydrogens (tertiary/aromatic N) is 4. The summed E-state index contributed by atoms with van der Waals surface area (Å²) in [6.07, 6.45) is 0.619. The lowest BCUT2D eigenvalue weighted by atomic mass is 9.95. The van der Waals surface area contributed by atoms with Crippen LogP contribution in [0.1, 0.15) is 64.8 Å². The number of rotatable bonds is 2. The van der Waals surface area contributed by atoms with Crippen molar-refractivity contribution < 1.29 is 9.68 Å². The maximum atomic E-state index is 6.17. The highest BCUT2D eigenvalue weighted by Crippen LogP contribution is 2.43. The van der Waals surface area contributed by atoms with Crippen LogP contribution in [-0.2, 0) is 9.68 Å². The molecule has 3 heterocycles. The van der Waals surface area contributed by atoms with E-state index in [1.54, 1.807) is 0 Å². The maximum Gasteiger partial charge on any atom is 0.214 e. The van der Waals surface area contributed by atoms with Gasteiger partial charge in [-0.2, -0.15) is 0 Å². The molecule has 6 nitrogen and oxygen atoms in total. The zero-order valence-corrected chi connectivity index (χ0v) is 21.0. The SMILES string of the molecule is Cc1cc(C)c(C2=NO[C@]3(C)C[C@@]4(C)ON=C(c5c(C)cc(C)cc5C)N4CCN23)c(C)c1. The van der Waals surface area contributed by atoms with Crippen LogP contribution in [0.3, 0.4) is 0 Å². The monoisotopic (exact) mass is 446 g/mol. The van der Waals surface area contributed by atoms with E-state index in [0.29, 0.717) is 6.42 Å². The molecule has 0 aliphatic carbocycles. The van der Waals surface area contributed by atoms with Gasteiger partial charge in [0.2, 0.25) is 11.4 Å². The molecule has 0 radical (unpaired) electrons. The molecule has 1 saturated heterocycles. The zero-order chi connectivity index (χ0) is 23.7. The van der Waals surface area contributed by atoms with Gasteiger partial charge in [-0.25, -0.2) is 0 Å². The number of fused-ring (bicyclic) bond motifs is 2. The lowest BCUT2D eigenvalue weighted by Crippen LogP contribution is -2.51. The van der Waals surface area contributed by atoms with Gasteiger partial charge in [-0.15, -0.1) is 0 Å². The van der Waals surface area contributed by atoms with Gasteiger partial charge >= 0.3 is 0 Å². The first kappa shape index (κ1) is 21.8. The van der Waals surface area contributed by atoms with Gasteiger partial charge in [0, 0.05) is 24.2 Å². The second kappa shape index (κ2) is 7.24. The van der Waals surface area contributed by atoms with Crippen molar-refractivity contribution in [2.24, 2.45) is 10.3 Å². The molecule has 1 fully saturated rings. The van der Waals surface area contributed by atoms with Crippen LogP contribution in [0, 0.1) is 41.5 Å². The van der Waals surface area contributed by atoms with Crippen molar-refractivity contribution in [1.82, 2.24) is 9.80 Å². The summed E-state index contributed by atoms with van der Waals surface area (Å²) < 4.78 is 0. The fourth-order valence-electron chi connectivity index (χ4n) is 6.10. The average molecular weight is 447 g/mol. The molecule has 0 saturated carbocycles. The molecule has 2 aromatic rings. The predicted molar refractivity (Wildman–Crippen MR) is 131 cm³/mol. The summed E-state index contributed by atoms with van der Waals surface area (Å²) >= 11 is 0. The van der Waals surface area contributed by atoms with Crippen molar-refractivity contribution in [1.29, 1.82) is 0 Å². The number of hydrogen-bond acceptors (Lipinski definition) is 6. The first-order valence-corrected chi connectivity index (χ1v) is 11.8. The molecule has 5 rings (SSSR count). The normalized spacial score (nSPS) is 26.2. The summed E-state index contributed by atoms with van der Waals surface area (Å²) in [5.74, 6) is 1.83. The van der Waals surface area contributed by atoms with E-state index in [-0.39, 0.29) is 0 Å². The Balaban J connectivity index is 1.52. The molecule has 0 unspecified atom stereocenters. The van der Waals surface area contributed by atoms with Gasteiger partial charge in [-0.1, -0.05) is 45.7 Å². The Bertz CT molecular complexity index is 1080. The van der Waals surface area contributed by atoms with Crippen molar-refractivity contribution in [3.05, 3.63) is 68.8 Å². The van der Waals surface area contributed by atoms with E-state index >= 15 is 0 Å². The van der Waals surface area contributed by atoms with E-state index in [9.17, 15) is 0 Å². The third-order valence-corrected chi connectivity index (χ3v) is 7.32. The van der Waals surface area contributed by atoms with E-state index in [1.807, 2.05) is 0 Å². The minimum atomic E-state index is -0.606. The Morgan fingerprint density at radius 1 is 0.636 bits per heavy atom. The molecular formula is C27H34N4O2. The molecule has 2 atom stereocenters. The summed E-state index contributed by atoms with van der Waals surface area (Å²) in [7, 11) is 0. The van der Waals surface area contributed by atoms with Crippen LogP contribution < -0.4 is 0 Å². The first-order valence-electron chi connectivity index (χ1n) is 11.8. The van der Waals surface area contributed by atoms with Crippen molar-refractivity contribution >= 4 is 11.7 Å². The zero-order valence-electron chi connectivity index (χ0n) is 21.0. The molecule has 3 aliphatic rings. The molecule has 0 spiro atoms. The van der Waals surface area contributed by atoms with E-state index in [4.69, 9.17) is 9.68 Å². The summed E-state index contributed by atoms with van der Waals surface area (Å²) in [4.78, 5) is 17.0. The van der Waals surface area contributed by atoms with Crippen molar-refractivity contribution in [2.75, 3.05) is 13.1 Å². The molecule has 174 valence electrons. The molecule has 6 heteroatoms. The van der Waals surface area contributed by atoms with Gasteiger partial charge in [0.25, 0.3) is 0 Å². The van der Waals surface area contributed by atoms with Crippen LogP contribution >= 0.6 is 0 Å². The summed E-state index contributed by atoms with van der Waals surface area (Å²) in [6.45, 7) is 18.6. The minimum Gasteiger partial charge on any atom is -0.365 e. The average Bonchev–Trinajstić information content (AvgIpc) is 3.12. The minimum absolute atomic E-state index is 0.606. The van der Waals surface area contributed by atoms with Crippen LogP contribution in [0.25, 0.3) is 0 Å². The van der Waals surface area contributed by atoms with E-state index in [0.717, 1.165) is 35.9 Å². The van der Waals surface area contributed by atoms with E-state index in [1.165, 1.54) is 33.4 Å². The molecule has 0 N–H and O–H groups in total. The molecule has 33 heavy (non-hydrogen) atoms. The van der Waals surface area contributed by atoms with Crippen molar-refractivity contribution in [3.63, 3.8) is 0 Å². The molecule has 0 amide bonds. The molecule has 2 aromatic carbocycles. The van der Waals surface area contributed by atoms with Crippen LogP contribution in [0.15, 0.2) is 34.6 Å². The van der Waals surface area contributed by atoms with E-state index in [2.05, 4.69) is 99.8 Å². The highest BCUT2D eigenvalue weighted by Gasteiger charge is 2.56. The number of oxime groups is 2. The summed E-state index contributed by atoms with van der Waals surface area (Å²) in [5, 5.41) is 9.21. The van der Waals surface area contributed by atoms with Crippen LogP contribution in [0.4, 0.5) is 0 Å². The van der Waals surface area contributed by atoms with E-state index < -0.39 is 11.4 Å². The van der Waals surface area contributed by atoms with Crippen LogP contribution in [-0.4, -0.2) is 46.0 Å². The van der Waals surface area contributed by atoms with Crippen molar-refractivity contribution in [3.8, 4) is 0 Å². The molecule has 3 aliphatic heterocycles. The van der Waals surface area contributed by atoms with Crippen LogP contribution in [0.5, 0.6) is 0 Å². The third kappa shape index (κ3) is 3.30. The Morgan fingerprint density at radius 3 is 1.30 bits per heavy atom.